The van der Waals surface area contributed by atoms with Crippen LogP contribution in [0.5, 0.6) is 0 Å². The molecule has 0 bridgehead atoms. The van der Waals surface area contributed by atoms with Gasteiger partial charge in [-0.05, 0) is 19.1 Å². The maximum absolute atomic E-state index is 11.9. The molecule has 0 spiro atoms. The number of nitrogen functional groups attached to an aromatic ring is 1. The standard InChI is InChI=1S/C12H19N5O3/c1-8(11(18)15-5-6-20-2)16-12(19)9-3-4-14-10(7-9)17-13/h3-4,7-8H,5-6,13H2,1-2H3,(H,14,17)(H,15,18)(H,16,19). The number of anilines is 1. The fourth-order valence-electron chi connectivity index (χ4n) is 1.43. The number of carbonyl (C=O) groups is 2. The summed E-state index contributed by atoms with van der Waals surface area (Å²) in [5.74, 6) is 4.93. The van der Waals surface area contributed by atoms with Crippen LogP contribution in [0, 0.1) is 0 Å². The van der Waals surface area contributed by atoms with Crippen molar-refractivity contribution in [1.82, 2.24) is 15.6 Å². The Morgan fingerprint density at radius 2 is 2.25 bits per heavy atom. The predicted molar refractivity (Wildman–Crippen MR) is 73.9 cm³/mol. The van der Waals surface area contributed by atoms with E-state index in [1.807, 2.05) is 0 Å². The van der Waals surface area contributed by atoms with Gasteiger partial charge in [-0.25, -0.2) is 10.8 Å². The Kier molecular flexibility index (Phi) is 6.41. The average Bonchev–Trinajstić information content (AvgIpc) is 2.47. The van der Waals surface area contributed by atoms with Crippen LogP contribution in [0.3, 0.4) is 0 Å². The molecule has 1 atom stereocenters. The van der Waals surface area contributed by atoms with Crippen molar-refractivity contribution < 1.29 is 14.3 Å². The Labute approximate surface area is 117 Å². The number of nitrogens with zero attached hydrogens (tertiary/aromatic N) is 1. The Balaban J connectivity index is 2.54. The van der Waals surface area contributed by atoms with Crippen molar-refractivity contribution in [2.75, 3.05) is 25.7 Å². The number of methoxy groups -OCH3 is 1. The first-order chi connectivity index (χ1) is 9.58. The summed E-state index contributed by atoms with van der Waals surface area (Å²) in [4.78, 5) is 27.5. The molecule has 0 aliphatic carbocycles. The van der Waals surface area contributed by atoms with Crippen LogP contribution in [0.15, 0.2) is 18.3 Å². The molecule has 20 heavy (non-hydrogen) atoms. The fourth-order valence-corrected chi connectivity index (χ4v) is 1.43. The van der Waals surface area contributed by atoms with Gasteiger partial charge >= 0.3 is 0 Å². The number of carbonyl (C=O) groups excluding carboxylic acids is 2. The molecule has 0 radical (unpaired) electrons. The van der Waals surface area contributed by atoms with Crippen LogP contribution in [0.2, 0.25) is 0 Å². The minimum absolute atomic E-state index is 0.276. The first kappa shape index (κ1) is 15.9. The summed E-state index contributed by atoms with van der Waals surface area (Å²) in [5, 5.41) is 5.23. The molecule has 0 aliphatic rings. The van der Waals surface area contributed by atoms with E-state index < -0.39 is 6.04 Å². The van der Waals surface area contributed by atoms with Gasteiger partial charge in [0.25, 0.3) is 5.91 Å². The van der Waals surface area contributed by atoms with Gasteiger partial charge in [-0.3, -0.25) is 9.59 Å². The Bertz CT molecular complexity index is 466. The molecule has 1 heterocycles. The lowest BCUT2D eigenvalue weighted by atomic mass is 10.2. The third-order valence-corrected chi connectivity index (χ3v) is 2.52. The SMILES string of the molecule is COCCNC(=O)C(C)NC(=O)c1ccnc(NN)c1. The van der Waals surface area contributed by atoms with Gasteiger partial charge in [0.1, 0.15) is 11.9 Å². The second kappa shape index (κ2) is 8.08. The average molecular weight is 281 g/mol. The van der Waals surface area contributed by atoms with E-state index in [4.69, 9.17) is 10.6 Å². The van der Waals surface area contributed by atoms with Crippen LogP contribution >= 0.6 is 0 Å². The van der Waals surface area contributed by atoms with Crippen molar-refractivity contribution >= 4 is 17.6 Å². The summed E-state index contributed by atoms with van der Waals surface area (Å²) in [6.45, 7) is 2.41. The topological polar surface area (TPSA) is 118 Å². The number of amides is 2. The molecular formula is C12H19N5O3. The third-order valence-electron chi connectivity index (χ3n) is 2.52. The third kappa shape index (κ3) is 4.82. The number of aromatic nitrogens is 1. The van der Waals surface area contributed by atoms with Crippen LogP contribution in [0.4, 0.5) is 5.82 Å². The van der Waals surface area contributed by atoms with Crippen LogP contribution in [-0.4, -0.2) is 43.1 Å². The molecule has 5 N–H and O–H groups in total. The molecule has 110 valence electrons. The summed E-state index contributed by atoms with van der Waals surface area (Å²) >= 11 is 0. The Morgan fingerprint density at radius 3 is 2.90 bits per heavy atom. The van der Waals surface area contributed by atoms with Crippen LogP contribution < -0.4 is 21.9 Å². The van der Waals surface area contributed by atoms with E-state index in [0.29, 0.717) is 24.5 Å². The quantitative estimate of drug-likeness (QED) is 0.297. The van der Waals surface area contributed by atoms with Crippen LogP contribution in [-0.2, 0) is 9.53 Å². The molecule has 1 aromatic rings. The van der Waals surface area contributed by atoms with Gasteiger partial charge in [0.15, 0.2) is 0 Å². The number of nitrogens with one attached hydrogen (secondary N) is 3. The zero-order chi connectivity index (χ0) is 15.0. The summed E-state index contributed by atoms with van der Waals surface area (Å²) in [6, 6.07) is 2.37. The highest BCUT2D eigenvalue weighted by Crippen LogP contribution is 2.05. The van der Waals surface area contributed by atoms with Gasteiger partial charge in [-0.2, -0.15) is 0 Å². The molecule has 0 aromatic carbocycles. The van der Waals surface area contributed by atoms with Gasteiger partial charge in [0, 0.05) is 25.4 Å². The maximum Gasteiger partial charge on any atom is 0.252 e. The lowest BCUT2D eigenvalue weighted by Crippen LogP contribution is -2.45. The van der Waals surface area contributed by atoms with Crippen molar-refractivity contribution in [2.24, 2.45) is 5.84 Å². The van der Waals surface area contributed by atoms with Gasteiger partial charge in [-0.1, -0.05) is 0 Å². The van der Waals surface area contributed by atoms with E-state index in [1.165, 1.54) is 18.3 Å². The number of pyridine rings is 1. The molecule has 0 aliphatic heterocycles. The number of ether oxygens (including phenoxy) is 1. The van der Waals surface area contributed by atoms with Gasteiger partial charge in [0.2, 0.25) is 5.91 Å². The molecule has 1 unspecified atom stereocenters. The maximum atomic E-state index is 11.9. The molecule has 1 aromatic heterocycles. The van der Waals surface area contributed by atoms with Crippen LogP contribution in [0.1, 0.15) is 17.3 Å². The number of nitrogens with two attached hydrogens (primary N) is 1. The van der Waals surface area contributed by atoms with Gasteiger partial charge in [0.05, 0.1) is 6.61 Å². The van der Waals surface area contributed by atoms with Gasteiger partial charge in [-0.15, -0.1) is 0 Å². The zero-order valence-corrected chi connectivity index (χ0v) is 11.5. The fraction of sp³-hybridized carbons (Fsp3) is 0.417. The minimum atomic E-state index is -0.651. The molecule has 8 nitrogen and oxygen atoms in total. The van der Waals surface area contributed by atoms with Crippen molar-refractivity contribution in [3.8, 4) is 0 Å². The van der Waals surface area contributed by atoms with E-state index in [-0.39, 0.29) is 11.8 Å². The molecule has 0 fully saturated rings. The number of rotatable bonds is 7. The lowest BCUT2D eigenvalue weighted by Gasteiger charge is -2.14. The lowest BCUT2D eigenvalue weighted by molar-refractivity contribution is -0.122. The Morgan fingerprint density at radius 1 is 1.50 bits per heavy atom. The first-order valence-corrected chi connectivity index (χ1v) is 6.08. The van der Waals surface area contributed by atoms with Crippen molar-refractivity contribution in [1.29, 1.82) is 0 Å². The first-order valence-electron chi connectivity index (χ1n) is 6.08. The van der Waals surface area contributed by atoms with Crippen molar-refractivity contribution in [2.45, 2.75) is 13.0 Å². The molecule has 0 saturated carbocycles. The monoisotopic (exact) mass is 281 g/mol. The summed E-state index contributed by atoms with van der Waals surface area (Å²) in [5.41, 5.74) is 2.71. The van der Waals surface area contributed by atoms with Crippen molar-refractivity contribution in [3.63, 3.8) is 0 Å². The van der Waals surface area contributed by atoms with E-state index in [9.17, 15) is 9.59 Å². The highest BCUT2D eigenvalue weighted by molar-refractivity contribution is 5.97. The van der Waals surface area contributed by atoms with E-state index in [0.717, 1.165) is 0 Å². The van der Waals surface area contributed by atoms with Crippen LogP contribution in [0.25, 0.3) is 0 Å². The van der Waals surface area contributed by atoms with Gasteiger partial charge < -0.3 is 20.8 Å². The Hall–Kier alpha value is -2.19. The minimum Gasteiger partial charge on any atom is -0.383 e. The summed E-state index contributed by atoms with van der Waals surface area (Å²) < 4.78 is 4.82. The second-order valence-electron chi connectivity index (χ2n) is 4.05. The molecule has 8 heteroatoms. The summed E-state index contributed by atoms with van der Waals surface area (Å²) in [7, 11) is 1.55. The smallest absolute Gasteiger partial charge is 0.252 e. The van der Waals surface area contributed by atoms with Crippen molar-refractivity contribution in [3.05, 3.63) is 23.9 Å². The zero-order valence-electron chi connectivity index (χ0n) is 11.5. The van der Waals surface area contributed by atoms with E-state index in [2.05, 4.69) is 21.0 Å². The number of hydrazine groups is 1. The molecule has 1 rings (SSSR count). The van der Waals surface area contributed by atoms with E-state index in [1.54, 1.807) is 14.0 Å². The normalized spacial score (nSPS) is 11.6. The summed E-state index contributed by atoms with van der Waals surface area (Å²) in [6.07, 6.45) is 1.45. The van der Waals surface area contributed by atoms with E-state index >= 15 is 0 Å². The highest BCUT2D eigenvalue weighted by atomic mass is 16.5. The number of hydrogen-bond acceptors (Lipinski definition) is 6. The second-order valence-corrected chi connectivity index (χ2v) is 4.05. The number of hydrogen-bond donors (Lipinski definition) is 4. The molecular weight excluding hydrogens is 262 g/mol. The molecule has 0 saturated heterocycles. The largest absolute Gasteiger partial charge is 0.383 e. The highest BCUT2D eigenvalue weighted by Gasteiger charge is 2.16. The molecule has 2 amide bonds. The predicted octanol–water partition coefficient (Wildman–Crippen LogP) is -0.752.